The molecule has 0 amide bonds. The van der Waals surface area contributed by atoms with Crippen LogP contribution in [-0.2, 0) is 11.8 Å². The van der Waals surface area contributed by atoms with Gasteiger partial charge in [-0.15, -0.1) is 0 Å². The van der Waals surface area contributed by atoms with Gasteiger partial charge in [0, 0.05) is 34.3 Å². The molecule has 0 aliphatic rings. The fraction of sp³-hybridized carbons (Fsp3) is 0.258. The average molecular weight is 448 g/mol. The molecule has 3 nitrogen and oxygen atoms in total. The summed E-state index contributed by atoms with van der Waals surface area (Å²) in [5.74, 6) is 1.58. The van der Waals surface area contributed by atoms with Crippen molar-refractivity contribution in [1.29, 1.82) is 0 Å². The molecule has 0 spiro atoms. The Morgan fingerprint density at radius 2 is 1.62 bits per heavy atom. The zero-order valence-corrected chi connectivity index (χ0v) is 20.4. The van der Waals surface area contributed by atoms with Crippen molar-refractivity contribution in [2.75, 3.05) is 0 Å². The lowest BCUT2D eigenvalue weighted by atomic mass is 9.82. The molecule has 6 rings (SSSR count). The number of fused-ring (bicyclic) bond motifs is 5. The molecule has 170 valence electrons. The number of benzene rings is 3. The van der Waals surface area contributed by atoms with Gasteiger partial charge in [-0.1, -0.05) is 58.9 Å². The van der Waals surface area contributed by atoms with Crippen LogP contribution in [0.1, 0.15) is 45.9 Å². The second-order valence-corrected chi connectivity index (χ2v) is 10.8. The number of hydrogen-bond donors (Lipinski definition) is 0. The van der Waals surface area contributed by atoms with Crippen LogP contribution in [0.3, 0.4) is 0 Å². The molecule has 0 unspecified atom stereocenters. The summed E-state index contributed by atoms with van der Waals surface area (Å²) in [5, 5.41) is 5.71. The summed E-state index contributed by atoms with van der Waals surface area (Å²) < 4.78 is 12.6. The minimum absolute atomic E-state index is 0.00948. The molecule has 3 aromatic carbocycles. The Balaban J connectivity index is 1.58. The van der Waals surface area contributed by atoms with E-state index in [2.05, 4.69) is 89.2 Å². The van der Waals surface area contributed by atoms with Gasteiger partial charge in [0.1, 0.15) is 22.6 Å². The molecule has 0 aliphatic heterocycles. The SMILES string of the molecule is CC(C)Cc1cc2cc3oc4c(-c5cc(C(C)(C)C)c6ccccc6c5)nccc4c3cc2o1. The fourth-order valence-electron chi connectivity index (χ4n) is 5.07. The van der Waals surface area contributed by atoms with Crippen LogP contribution in [0, 0.1) is 5.92 Å². The number of furan rings is 2. The van der Waals surface area contributed by atoms with Gasteiger partial charge in [0.2, 0.25) is 0 Å². The van der Waals surface area contributed by atoms with E-state index in [9.17, 15) is 0 Å². The molecule has 6 aromatic rings. The number of aromatic nitrogens is 1. The van der Waals surface area contributed by atoms with Crippen molar-refractivity contribution in [1.82, 2.24) is 4.98 Å². The Labute approximate surface area is 199 Å². The molecule has 0 atom stereocenters. The van der Waals surface area contributed by atoms with Crippen molar-refractivity contribution in [2.24, 2.45) is 5.92 Å². The summed E-state index contributed by atoms with van der Waals surface area (Å²) in [4.78, 5) is 4.79. The van der Waals surface area contributed by atoms with Crippen LogP contribution in [0.5, 0.6) is 0 Å². The van der Waals surface area contributed by atoms with Gasteiger partial charge in [-0.3, -0.25) is 4.98 Å². The smallest absolute Gasteiger partial charge is 0.161 e. The van der Waals surface area contributed by atoms with Gasteiger partial charge in [-0.25, -0.2) is 0 Å². The zero-order chi connectivity index (χ0) is 23.6. The van der Waals surface area contributed by atoms with E-state index in [1.165, 1.54) is 16.3 Å². The fourth-order valence-corrected chi connectivity index (χ4v) is 5.07. The van der Waals surface area contributed by atoms with Gasteiger partial charge in [-0.2, -0.15) is 0 Å². The maximum Gasteiger partial charge on any atom is 0.161 e. The van der Waals surface area contributed by atoms with Crippen LogP contribution in [0.2, 0.25) is 0 Å². The van der Waals surface area contributed by atoms with Gasteiger partial charge in [-0.05, 0) is 64.1 Å². The highest BCUT2D eigenvalue weighted by atomic mass is 16.3. The largest absolute Gasteiger partial charge is 0.461 e. The third-order valence-corrected chi connectivity index (χ3v) is 6.63. The number of nitrogens with zero attached hydrogens (tertiary/aromatic N) is 1. The van der Waals surface area contributed by atoms with Crippen LogP contribution in [0.15, 0.2) is 75.7 Å². The summed E-state index contributed by atoms with van der Waals surface area (Å²) in [6.07, 6.45) is 2.82. The molecule has 0 aliphatic carbocycles. The molecule has 3 aromatic heterocycles. The van der Waals surface area contributed by atoms with Crippen molar-refractivity contribution in [3.63, 3.8) is 0 Å². The van der Waals surface area contributed by atoms with Gasteiger partial charge >= 0.3 is 0 Å². The standard InChI is InChI=1S/C31H29NO2/c1-18(2)12-22-14-20-16-28-25(17-27(20)33-22)24-10-11-32-29(30(24)34-28)21-13-19-8-6-7-9-23(19)26(15-21)31(3,4)5/h6-11,13-18H,12H2,1-5H3. The van der Waals surface area contributed by atoms with E-state index in [0.717, 1.165) is 56.3 Å². The normalized spacial score (nSPS) is 12.6. The number of rotatable bonds is 3. The van der Waals surface area contributed by atoms with Crippen LogP contribution in [0.4, 0.5) is 0 Å². The molecule has 0 saturated heterocycles. The van der Waals surface area contributed by atoms with E-state index in [1.807, 2.05) is 12.3 Å². The highest BCUT2D eigenvalue weighted by molar-refractivity contribution is 6.12. The first-order valence-electron chi connectivity index (χ1n) is 12.1. The molecule has 0 bridgehead atoms. The minimum Gasteiger partial charge on any atom is -0.461 e. The topological polar surface area (TPSA) is 39.2 Å². The zero-order valence-electron chi connectivity index (χ0n) is 20.4. The van der Waals surface area contributed by atoms with Gasteiger partial charge in [0.15, 0.2) is 5.58 Å². The molecule has 0 N–H and O–H groups in total. The highest BCUT2D eigenvalue weighted by Crippen LogP contribution is 2.40. The maximum absolute atomic E-state index is 6.47. The van der Waals surface area contributed by atoms with Crippen LogP contribution >= 0.6 is 0 Å². The quantitative estimate of drug-likeness (QED) is 0.272. The second kappa shape index (κ2) is 7.46. The maximum atomic E-state index is 6.47. The molecule has 3 heteroatoms. The van der Waals surface area contributed by atoms with Crippen molar-refractivity contribution in [3.8, 4) is 11.3 Å². The van der Waals surface area contributed by atoms with Crippen molar-refractivity contribution in [3.05, 3.63) is 78.2 Å². The van der Waals surface area contributed by atoms with E-state index in [4.69, 9.17) is 13.8 Å². The molecular formula is C31H29NO2. The Morgan fingerprint density at radius 3 is 2.41 bits per heavy atom. The van der Waals surface area contributed by atoms with E-state index in [1.54, 1.807) is 0 Å². The summed E-state index contributed by atoms with van der Waals surface area (Å²) in [6, 6.07) is 21.5. The van der Waals surface area contributed by atoms with Crippen LogP contribution < -0.4 is 0 Å². The lowest BCUT2D eigenvalue weighted by Crippen LogP contribution is -2.12. The van der Waals surface area contributed by atoms with E-state index >= 15 is 0 Å². The molecule has 0 fully saturated rings. The lowest BCUT2D eigenvalue weighted by molar-refractivity contribution is 0.500. The summed E-state index contributed by atoms with van der Waals surface area (Å²) in [7, 11) is 0. The van der Waals surface area contributed by atoms with Crippen LogP contribution in [0.25, 0.3) is 54.9 Å². The van der Waals surface area contributed by atoms with E-state index in [0.29, 0.717) is 5.92 Å². The van der Waals surface area contributed by atoms with Gasteiger partial charge in [0.05, 0.1) is 0 Å². The second-order valence-electron chi connectivity index (χ2n) is 10.8. The molecule has 0 saturated carbocycles. The number of pyridine rings is 1. The van der Waals surface area contributed by atoms with Gasteiger partial charge in [0.25, 0.3) is 0 Å². The third kappa shape index (κ3) is 3.38. The Bertz CT molecular complexity index is 1690. The van der Waals surface area contributed by atoms with E-state index < -0.39 is 0 Å². The number of hydrogen-bond acceptors (Lipinski definition) is 3. The predicted octanol–water partition coefficient (Wildman–Crippen LogP) is 9.04. The first-order chi connectivity index (χ1) is 16.3. The highest BCUT2D eigenvalue weighted by Gasteiger charge is 2.21. The Hall–Kier alpha value is -3.59. The van der Waals surface area contributed by atoms with Gasteiger partial charge < -0.3 is 8.83 Å². The van der Waals surface area contributed by atoms with Crippen LogP contribution in [-0.4, -0.2) is 4.98 Å². The monoisotopic (exact) mass is 447 g/mol. The predicted molar refractivity (Wildman–Crippen MR) is 141 cm³/mol. The summed E-state index contributed by atoms with van der Waals surface area (Å²) >= 11 is 0. The van der Waals surface area contributed by atoms with Crippen molar-refractivity contribution < 1.29 is 8.83 Å². The first kappa shape index (κ1) is 21.0. The molecule has 3 heterocycles. The van der Waals surface area contributed by atoms with Crippen molar-refractivity contribution >= 4 is 43.7 Å². The van der Waals surface area contributed by atoms with E-state index in [-0.39, 0.29) is 5.41 Å². The Morgan fingerprint density at radius 1 is 0.794 bits per heavy atom. The first-order valence-corrected chi connectivity index (χ1v) is 12.1. The van der Waals surface area contributed by atoms with Crippen molar-refractivity contribution in [2.45, 2.75) is 46.5 Å². The molecule has 0 radical (unpaired) electrons. The molecule has 34 heavy (non-hydrogen) atoms. The summed E-state index contributed by atoms with van der Waals surface area (Å²) in [5.41, 5.74) is 5.87. The third-order valence-electron chi connectivity index (χ3n) is 6.63. The average Bonchev–Trinajstić information content (AvgIpc) is 3.34. The summed E-state index contributed by atoms with van der Waals surface area (Å²) in [6.45, 7) is 11.2. The lowest BCUT2D eigenvalue weighted by Gasteiger charge is -2.22. The Kier molecular flexibility index (Phi) is 4.60. The molecular weight excluding hydrogens is 418 g/mol. The minimum atomic E-state index is 0.00948.